The van der Waals surface area contributed by atoms with Crippen molar-refractivity contribution in [1.29, 1.82) is 0 Å². The summed E-state index contributed by atoms with van der Waals surface area (Å²) < 4.78 is 79.0. The smallest absolute Gasteiger partial charge is 0.343 e. The molecule has 0 radical (unpaired) electrons. The minimum absolute atomic E-state index is 0.0599. The number of nitrogens with zero attached hydrogens (tertiary/aromatic N) is 1. The lowest BCUT2D eigenvalue weighted by Gasteiger charge is -2.31. The number of rotatable bonds is 4. The first kappa shape index (κ1) is 23.4. The minimum Gasteiger partial charge on any atom is -0.343 e. The molecule has 1 amide bonds. The van der Waals surface area contributed by atoms with E-state index in [1.54, 1.807) is 5.32 Å². The zero-order chi connectivity index (χ0) is 23.0. The maximum Gasteiger partial charge on any atom is 0.405 e. The van der Waals surface area contributed by atoms with Crippen LogP contribution in [0.15, 0.2) is 47.5 Å². The zero-order valence-electron chi connectivity index (χ0n) is 15.5. The van der Waals surface area contributed by atoms with Crippen LogP contribution in [0.1, 0.15) is 27.9 Å². The number of benzene rings is 2. The van der Waals surface area contributed by atoms with E-state index in [0.29, 0.717) is 5.56 Å². The molecule has 0 bridgehead atoms. The van der Waals surface area contributed by atoms with E-state index in [4.69, 9.17) is 23.2 Å². The van der Waals surface area contributed by atoms with Gasteiger partial charge in [0, 0.05) is 27.7 Å². The summed E-state index contributed by atoms with van der Waals surface area (Å²) in [5.74, 6) is -0.949. The van der Waals surface area contributed by atoms with Crippen LogP contribution < -0.4 is 5.32 Å². The molecule has 0 fully saturated rings. The number of hydrogen-bond acceptors (Lipinski definition) is 2. The van der Waals surface area contributed by atoms with Crippen LogP contribution in [0.5, 0.6) is 0 Å². The van der Waals surface area contributed by atoms with Gasteiger partial charge < -0.3 is 5.32 Å². The van der Waals surface area contributed by atoms with Gasteiger partial charge in [-0.3, -0.25) is 9.79 Å². The van der Waals surface area contributed by atoms with E-state index in [9.17, 15) is 31.1 Å². The molecule has 3 nitrogen and oxygen atoms in total. The van der Waals surface area contributed by atoms with Gasteiger partial charge in [-0.25, -0.2) is 0 Å². The molecule has 0 saturated carbocycles. The monoisotopic (exact) mass is 482 g/mol. The molecule has 0 aromatic heterocycles. The summed E-state index contributed by atoms with van der Waals surface area (Å²) >= 11 is 11.8. The first-order chi connectivity index (χ1) is 14.3. The first-order valence-electron chi connectivity index (χ1n) is 8.83. The highest BCUT2D eigenvalue weighted by Gasteiger charge is 2.58. The van der Waals surface area contributed by atoms with Gasteiger partial charge in [0.1, 0.15) is 12.0 Å². The molecule has 1 atom stereocenters. The van der Waals surface area contributed by atoms with E-state index in [0.717, 1.165) is 0 Å². The van der Waals surface area contributed by atoms with Gasteiger partial charge in [-0.2, -0.15) is 26.3 Å². The number of nitrogens with one attached hydrogen (secondary N) is 1. The van der Waals surface area contributed by atoms with Crippen molar-refractivity contribution in [2.24, 2.45) is 4.99 Å². The molecular formula is C20H14Cl2F6N2O. The Kier molecular flexibility index (Phi) is 6.30. The molecule has 1 unspecified atom stereocenters. The molecule has 1 aliphatic heterocycles. The molecule has 1 N–H and O–H groups in total. The van der Waals surface area contributed by atoms with Gasteiger partial charge in [0.2, 0.25) is 0 Å². The zero-order valence-corrected chi connectivity index (χ0v) is 17.1. The van der Waals surface area contributed by atoms with Crippen LogP contribution in [0.4, 0.5) is 26.3 Å². The summed E-state index contributed by atoms with van der Waals surface area (Å²) in [5.41, 5.74) is -2.02. The number of halogens is 8. The maximum atomic E-state index is 14.1. The summed E-state index contributed by atoms with van der Waals surface area (Å²) in [4.78, 5) is 15.9. The average molecular weight is 483 g/mol. The predicted octanol–water partition coefficient (Wildman–Crippen LogP) is 5.98. The average Bonchev–Trinajstić information content (AvgIpc) is 3.12. The molecule has 2 aromatic rings. The Morgan fingerprint density at radius 3 is 2.10 bits per heavy atom. The third kappa shape index (κ3) is 5.15. The van der Waals surface area contributed by atoms with Crippen LogP contribution in [-0.2, 0) is 5.41 Å². The quantitative estimate of drug-likeness (QED) is 0.535. The van der Waals surface area contributed by atoms with E-state index in [2.05, 4.69) is 4.99 Å². The second-order valence-electron chi connectivity index (χ2n) is 7.05. The van der Waals surface area contributed by atoms with E-state index < -0.39 is 43.2 Å². The number of alkyl halides is 6. The molecule has 1 aliphatic rings. The second-order valence-corrected chi connectivity index (χ2v) is 7.93. The molecule has 0 aliphatic carbocycles. The predicted molar refractivity (Wildman–Crippen MR) is 105 cm³/mol. The summed E-state index contributed by atoms with van der Waals surface area (Å²) in [7, 11) is 0. The number of carbonyl (C=O) groups is 1. The molecule has 3 rings (SSSR count). The van der Waals surface area contributed by atoms with Crippen molar-refractivity contribution in [1.82, 2.24) is 5.32 Å². The number of aliphatic imine (C=N–C) groups is 1. The van der Waals surface area contributed by atoms with E-state index >= 15 is 0 Å². The molecule has 11 heteroatoms. The van der Waals surface area contributed by atoms with Crippen LogP contribution in [-0.4, -0.2) is 37.1 Å². The van der Waals surface area contributed by atoms with E-state index in [1.165, 1.54) is 42.5 Å². The molecule has 1 heterocycles. The highest BCUT2D eigenvalue weighted by Crippen LogP contribution is 2.48. The fourth-order valence-corrected chi connectivity index (χ4v) is 3.82. The van der Waals surface area contributed by atoms with Crippen LogP contribution in [0.2, 0.25) is 10.0 Å². The molecule has 166 valence electrons. The Morgan fingerprint density at radius 2 is 1.58 bits per heavy atom. The van der Waals surface area contributed by atoms with Crippen molar-refractivity contribution < 1.29 is 31.1 Å². The van der Waals surface area contributed by atoms with Crippen molar-refractivity contribution in [2.75, 3.05) is 13.1 Å². The van der Waals surface area contributed by atoms with Gasteiger partial charge in [0.05, 0.1) is 6.54 Å². The minimum atomic E-state index is -4.65. The number of amides is 1. The Balaban J connectivity index is 1.83. The van der Waals surface area contributed by atoms with Gasteiger partial charge in [0.15, 0.2) is 0 Å². The fraction of sp³-hybridized carbons (Fsp3) is 0.300. The lowest BCUT2D eigenvalue weighted by atomic mass is 9.76. The Morgan fingerprint density at radius 1 is 1.00 bits per heavy atom. The third-order valence-corrected chi connectivity index (χ3v) is 5.33. The first-order valence-corrected chi connectivity index (χ1v) is 9.58. The van der Waals surface area contributed by atoms with Crippen molar-refractivity contribution in [3.05, 3.63) is 69.2 Å². The van der Waals surface area contributed by atoms with Gasteiger partial charge in [-0.15, -0.1) is 0 Å². The molecule has 2 aromatic carbocycles. The topological polar surface area (TPSA) is 41.5 Å². The number of carbonyl (C=O) groups excluding carboxylic acids is 1. The summed E-state index contributed by atoms with van der Waals surface area (Å²) in [6.45, 7) is -2.06. The van der Waals surface area contributed by atoms with Gasteiger partial charge in [0.25, 0.3) is 5.91 Å². The molecule has 0 saturated heterocycles. The van der Waals surface area contributed by atoms with Crippen molar-refractivity contribution in [3.8, 4) is 0 Å². The molecule has 31 heavy (non-hydrogen) atoms. The lowest BCUT2D eigenvalue weighted by molar-refractivity contribution is -0.183. The van der Waals surface area contributed by atoms with Crippen LogP contribution in [0.3, 0.4) is 0 Å². The van der Waals surface area contributed by atoms with Crippen molar-refractivity contribution >= 4 is 34.8 Å². The van der Waals surface area contributed by atoms with Crippen molar-refractivity contribution in [3.63, 3.8) is 0 Å². The van der Waals surface area contributed by atoms with Crippen LogP contribution in [0.25, 0.3) is 0 Å². The molecule has 0 spiro atoms. The fourth-order valence-electron chi connectivity index (χ4n) is 3.29. The Hall–Kier alpha value is -2.26. The van der Waals surface area contributed by atoms with Gasteiger partial charge in [-0.05, 0) is 41.5 Å². The summed E-state index contributed by atoms with van der Waals surface area (Å²) in [6.07, 6.45) is -9.69. The second kappa shape index (κ2) is 8.35. The highest BCUT2D eigenvalue weighted by molar-refractivity contribution is 6.34. The van der Waals surface area contributed by atoms with Crippen LogP contribution >= 0.6 is 23.2 Å². The SMILES string of the molecule is O=C(NCC(F)(F)F)c1ccc(C2=NCC(c3cc(Cl)cc(Cl)c3)(C(F)(F)F)C2)cc1. The van der Waals surface area contributed by atoms with E-state index in [-0.39, 0.29) is 26.9 Å². The van der Waals surface area contributed by atoms with Crippen LogP contribution in [0, 0.1) is 0 Å². The largest absolute Gasteiger partial charge is 0.405 e. The van der Waals surface area contributed by atoms with E-state index in [1.807, 2.05) is 0 Å². The molecular weight excluding hydrogens is 469 g/mol. The highest BCUT2D eigenvalue weighted by atomic mass is 35.5. The normalized spacial score (nSPS) is 19.3. The maximum absolute atomic E-state index is 14.1. The Labute approximate surface area is 183 Å². The third-order valence-electron chi connectivity index (χ3n) is 4.90. The van der Waals surface area contributed by atoms with Gasteiger partial charge >= 0.3 is 12.4 Å². The standard InChI is InChI=1S/C20H14Cl2F6N2O/c21-14-5-13(6-15(22)7-14)18(20(26,27)28)8-16(29-9-18)11-1-3-12(4-2-11)17(31)30-10-19(23,24)25/h1-7H,8-10H2,(H,30,31). The summed E-state index contributed by atoms with van der Waals surface area (Å²) in [6, 6.07) is 8.88. The summed E-state index contributed by atoms with van der Waals surface area (Å²) in [5, 5.41) is 1.85. The van der Waals surface area contributed by atoms with Gasteiger partial charge in [-0.1, -0.05) is 35.3 Å². The van der Waals surface area contributed by atoms with Crippen molar-refractivity contribution in [2.45, 2.75) is 24.2 Å². The lowest BCUT2D eigenvalue weighted by Crippen LogP contribution is -2.43. The number of hydrogen-bond donors (Lipinski definition) is 1. The Bertz CT molecular complexity index is 998.